The van der Waals surface area contributed by atoms with Gasteiger partial charge in [0.05, 0.1) is 23.2 Å². The van der Waals surface area contributed by atoms with Crippen molar-refractivity contribution in [2.45, 2.75) is 50.8 Å². The molecule has 6 atom stereocenters. The van der Waals surface area contributed by atoms with Gasteiger partial charge in [-0.05, 0) is 65.3 Å². The Morgan fingerprint density at radius 2 is 1.78 bits per heavy atom. The number of fused-ring (bicyclic) bond motifs is 3. The van der Waals surface area contributed by atoms with Gasteiger partial charge in [0.25, 0.3) is 0 Å². The van der Waals surface area contributed by atoms with Crippen LogP contribution in [0, 0.1) is 23.7 Å². The lowest BCUT2D eigenvalue weighted by atomic mass is 9.52. The molecule has 3 aliphatic rings. The van der Waals surface area contributed by atoms with Gasteiger partial charge < -0.3 is 27.0 Å². The van der Waals surface area contributed by atoms with Crippen LogP contribution in [0.5, 0.6) is 5.75 Å². The van der Waals surface area contributed by atoms with Crippen LogP contribution in [-0.4, -0.2) is 75.4 Å². The Bertz CT molecular complexity index is 1220. The van der Waals surface area contributed by atoms with Gasteiger partial charge in [0.1, 0.15) is 5.75 Å². The van der Waals surface area contributed by atoms with E-state index in [9.17, 15) is 34.2 Å². The van der Waals surface area contributed by atoms with Crippen molar-refractivity contribution in [1.82, 2.24) is 4.90 Å². The summed E-state index contributed by atoms with van der Waals surface area (Å²) in [5.41, 5.74) is 8.94. The number of aliphatic hydroxyl groups is 1. The first-order valence-corrected chi connectivity index (χ1v) is 11.8. The Hall–Kier alpha value is -3.31. The highest BCUT2D eigenvalue weighted by Gasteiger charge is 2.69. The van der Waals surface area contributed by atoms with Crippen LogP contribution in [0.4, 0.5) is 11.4 Å². The maximum Gasteiger partial charge on any atom is 0.235 e. The van der Waals surface area contributed by atoms with E-state index in [0.29, 0.717) is 11.3 Å². The van der Waals surface area contributed by atoms with Gasteiger partial charge >= 0.3 is 0 Å². The number of carbonyl (C=O) groups is 5. The number of nitrogen functional groups attached to an aromatic ring is 1. The molecular formula is C25H32N4O7. The third-order valence-corrected chi connectivity index (χ3v) is 7.60. The highest BCUT2D eigenvalue weighted by Crippen LogP contribution is 2.52. The number of aromatic hydroxyl groups is 1. The quantitative estimate of drug-likeness (QED) is 0.159. The Kier molecular flexibility index (Phi) is 5.80. The van der Waals surface area contributed by atoms with Gasteiger partial charge in [-0.25, -0.2) is 0 Å². The predicted molar refractivity (Wildman–Crippen MR) is 129 cm³/mol. The molecule has 0 saturated heterocycles. The van der Waals surface area contributed by atoms with Crippen LogP contribution in [0.1, 0.15) is 43.1 Å². The molecule has 4 unspecified atom stereocenters. The van der Waals surface area contributed by atoms with Gasteiger partial charge in [-0.3, -0.25) is 28.9 Å². The summed E-state index contributed by atoms with van der Waals surface area (Å²) in [7, 11) is 3.09. The van der Waals surface area contributed by atoms with Crippen LogP contribution in [0.15, 0.2) is 6.07 Å². The molecule has 1 aromatic carbocycles. The molecule has 0 radical (unpaired) electrons. The minimum atomic E-state index is -2.75. The van der Waals surface area contributed by atoms with Gasteiger partial charge in [-0.2, -0.15) is 0 Å². The van der Waals surface area contributed by atoms with E-state index in [1.807, 2.05) is 20.8 Å². The maximum absolute atomic E-state index is 13.8. The summed E-state index contributed by atoms with van der Waals surface area (Å²) < 4.78 is 0. The number of ketones is 4. The fourth-order valence-corrected chi connectivity index (χ4v) is 6.21. The molecule has 2 saturated carbocycles. The molecule has 7 N–H and O–H groups in total. The zero-order valence-corrected chi connectivity index (χ0v) is 20.9. The SMILES string of the molecule is CN(C)[C@@H]1C(=O)C(C(N)=O)C(=O)[C@@]2(O)C(=O)C3C(=O)c4c(O)c(N)cc(NC(C)(C)C)c4CC3CC12. The largest absolute Gasteiger partial charge is 0.505 e. The molecule has 194 valence electrons. The van der Waals surface area contributed by atoms with Crippen molar-refractivity contribution in [2.24, 2.45) is 29.4 Å². The van der Waals surface area contributed by atoms with E-state index in [-0.39, 0.29) is 24.1 Å². The number of primary amides is 1. The summed E-state index contributed by atoms with van der Waals surface area (Å²) in [6.07, 6.45) is 0.155. The molecule has 0 bridgehead atoms. The van der Waals surface area contributed by atoms with Crippen LogP contribution in [0.25, 0.3) is 0 Å². The number of likely N-dealkylation sites (N-methyl/N-ethyl adjacent to an activating group) is 1. The first kappa shape index (κ1) is 25.8. The molecule has 1 amide bonds. The smallest absolute Gasteiger partial charge is 0.235 e. The zero-order chi connectivity index (χ0) is 27.1. The van der Waals surface area contributed by atoms with Crippen LogP contribution < -0.4 is 16.8 Å². The number of rotatable bonds is 3. The van der Waals surface area contributed by atoms with Crippen molar-refractivity contribution in [1.29, 1.82) is 0 Å². The molecule has 1 aromatic rings. The minimum absolute atomic E-state index is 0.00993. The standard InChI is InChI=1S/C25H32N4O7/c1-24(2,3)28-13-8-12(26)18(30)15-10(13)6-9-7-11-17(29(4)5)20(32)16(23(27)35)22(34)25(11,36)21(33)14(9)19(15)31/h8-9,11,14,16-17,28,30,36H,6-7,26H2,1-5H3,(H2,27,35)/t9?,11?,14?,16?,17-,25-/m0/s1. The van der Waals surface area contributed by atoms with Gasteiger partial charge in [-0.15, -0.1) is 0 Å². The Labute approximate surface area is 208 Å². The van der Waals surface area contributed by atoms with Gasteiger partial charge in [-0.1, -0.05) is 0 Å². The van der Waals surface area contributed by atoms with Crippen molar-refractivity contribution >= 4 is 40.4 Å². The van der Waals surface area contributed by atoms with E-state index in [1.165, 1.54) is 11.0 Å². The molecule has 3 aliphatic carbocycles. The second-order valence-electron chi connectivity index (χ2n) is 11.4. The molecule has 2 fully saturated rings. The number of nitrogens with zero attached hydrogens (tertiary/aromatic N) is 1. The lowest BCUT2D eigenvalue weighted by Gasteiger charge is -2.52. The third-order valence-electron chi connectivity index (χ3n) is 7.60. The van der Waals surface area contributed by atoms with Crippen LogP contribution >= 0.6 is 0 Å². The maximum atomic E-state index is 13.8. The Balaban J connectivity index is 1.89. The highest BCUT2D eigenvalue weighted by molar-refractivity contribution is 6.32. The normalized spacial score (nSPS) is 32.1. The van der Waals surface area contributed by atoms with E-state index in [1.54, 1.807) is 14.1 Å². The number of benzene rings is 1. The summed E-state index contributed by atoms with van der Waals surface area (Å²) in [6, 6.07) is 0.389. The Morgan fingerprint density at radius 1 is 1.17 bits per heavy atom. The van der Waals surface area contributed by atoms with Gasteiger partial charge in [0.2, 0.25) is 5.91 Å². The van der Waals surface area contributed by atoms with Crippen molar-refractivity contribution < 1.29 is 34.2 Å². The first-order valence-electron chi connectivity index (χ1n) is 11.8. The van der Waals surface area contributed by atoms with Crippen molar-refractivity contribution in [3.05, 3.63) is 17.2 Å². The lowest BCUT2D eigenvalue weighted by Crippen LogP contribution is -2.74. The second kappa shape index (κ2) is 8.10. The molecule has 11 nitrogen and oxygen atoms in total. The summed E-state index contributed by atoms with van der Waals surface area (Å²) >= 11 is 0. The monoisotopic (exact) mass is 500 g/mol. The van der Waals surface area contributed by atoms with Crippen LogP contribution in [-0.2, 0) is 25.6 Å². The lowest BCUT2D eigenvalue weighted by molar-refractivity contribution is -0.181. The van der Waals surface area contributed by atoms with Crippen LogP contribution in [0.2, 0.25) is 0 Å². The van der Waals surface area contributed by atoms with Gasteiger partial charge in [0, 0.05) is 17.1 Å². The second-order valence-corrected chi connectivity index (χ2v) is 11.4. The molecule has 0 spiro atoms. The number of phenols is 1. The van der Waals surface area contributed by atoms with Crippen molar-refractivity contribution in [3.8, 4) is 5.75 Å². The Morgan fingerprint density at radius 3 is 2.31 bits per heavy atom. The molecule has 4 rings (SSSR count). The van der Waals surface area contributed by atoms with Crippen molar-refractivity contribution in [3.63, 3.8) is 0 Å². The third kappa shape index (κ3) is 3.52. The number of nitrogens with one attached hydrogen (secondary N) is 1. The topological polar surface area (TPSA) is 193 Å². The molecule has 0 heterocycles. The predicted octanol–water partition coefficient (Wildman–Crippen LogP) is -0.340. The molecule has 0 aromatic heterocycles. The number of amides is 1. The van der Waals surface area contributed by atoms with Crippen molar-refractivity contribution in [2.75, 3.05) is 25.1 Å². The number of phenolic OH excluding ortho intramolecular Hbond substituents is 1. The first-order chi connectivity index (χ1) is 16.5. The fraction of sp³-hybridized carbons (Fsp3) is 0.560. The van der Waals surface area contributed by atoms with E-state index < -0.39 is 75.6 Å². The summed E-state index contributed by atoms with van der Waals surface area (Å²) in [4.78, 5) is 67.4. The molecular weight excluding hydrogens is 468 g/mol. The average Bonchev–Trinajstić information content (AvgIpc) is 2.72. The summed E-state index contributed by atoms with van der Waals surface area (Å²) in [5, 5.41) is 25.6. The minimum Gasteiger partial charge on any atom is -0.505 e. The molecule has 36 heavy (non-hydrogen) atoms. The zero-order valence-electron chi connectivity index (χ0n) is 20.9. The van der Waals surface area contributed by atoms with E-state index in [2.05, 4.69) is 5.32 Å². The van der Waals surface area contributed by atoms with E-state index in [0.717, 1.165) is 0 Å². The number of hydrogen-bond acceptors (Lipinski definition) is 10. The molecule has 11 heteroatoms. The van der Waals surface area contributed by atoms with Gasteiger partial charge in [0.15, 0.2) is 34.7 Å². The number of carbonyl (C=O) groups excluding carboxylic acids is 5. The number of hydrogen-bond donors (Lipinski definition) is 5. The summed E-state index contributed by atoms with van der Waals surface area (Å²) in [6.45, 7) is 5.74. The molecule has 0 aliphatic heterocycles. The number of nitrogens with two attached hydrogens (primary N) is 2. The highest BCUT2D eigenvalue weighted by atomic mass is 16.3. The fourth-order valence-electron chi connectivity index (χ4n) is 6.21. The van der Waals surface area contributed by atoms with Crippen LogP contribution in [0.3, 0.4) is 0 Å². The van der Waals surface area contributed by atoms with E-state index in [4.69, 9.17) is 11.5 Å². The van der Waals surface area contributed by atoms with E-state index >= 15 is 0 Å². The average molecular weight is 501 g/mol. The number of anilines is 2. The summed E-state index contributed by atoms with van der Waals surface area (Å²) in [5.74, 6) is -10.9. The number of Topliss-reactive ketones (excluding diaryl/α,β-unsaturated/α-hetero) is 4.